The van der Waals surface area contributed by atoms with Crippen molar-refractivity contribution in [2.45, 2.75) is 26.4 Å². The third-order valence-electron chi connectivity index (χ3n) is 2.18. The summed E-state index contributed by atoms with van der Waals surface area (Å²) >= 11 is 6.01. The number of benzene rings is 1. The Hall–Kier alpha value is -1.06. The molecule has 3 nitrogen and oxygen atoms in total. The Labute approximate surface area is 94.1 Å². The molecule has 0 fully saturated rings. The normalized spacial score (nSPS) is 12.5. The minimum absolute atomic E-state index is 0.465. The summed E-state index contributed by atoms with van der Waals surface area (Å²) in [6.07, 6.45) is 0. The maximum absolute atomic E-state index is 10.6. The number of aryl methyl sites for hydroxylation is 1. The lowest BCUT2D eigenvalue weighted by Crippen LogP contribution is -2.33. The Kier molecular flexibility index (Phi) is 4.12. The van der Waals surface area contributed by atoms with E-state index in [1.165, 1.54) is 0 Å². The van der Waals surface area contributed by atoms with Crippen molar-refractivity contribution >= 4 is 17.6 Å². The standard InChI is InChI=1S/C11H14ClNO2/c1-7-3-4-9(10(12)5-7)6-13-8(2)11(14)15/h3-5,8,13H,6H2,1-2H3,(H,14,15). The maximum atomic E-state index is 10.6. The third-order valence-corrected chi connectivity index (χ3v) is 2.53. The van der Waals surface area contributed by atoms with Crippen molar-refractivity contribution in [1.82, 2.24) is 5.32 Å². The summed E-state index contributed by atoms with van der Waals surface area (Å²) in [5, 5.41) is 12.2. The Morgan fingerprint density at radius 2 is 2.27 bits per heavy atom. The lowest BCUT2D eigenvalue weighted by molar-refractivity contribution is -0.139. The van der Waals surface area contributed by atoms with Crippen LogP contribution < -0.4 is 5.32 Å². The minimum atomic E-state index is -0.863. The fourth-order valence-corrected chi connectivity index (χ4v) is 1.45. The number of rotatable bonds is 4. The molecule has 0 saturated carbocycles. The van der Waals surface area contributed by atoms with Crippen molar-refractivity contribution in [3.05, 3.63) is 34.3 Å². The van der Waals surface area contributed by atoms with E-state index >= 15 is 0 Å². The van der Waals surface area contributed by atoms with Crippen LogP contribution in [0.3, 0.4) is 0 Å². The molecule has 0 aromatic heterocycles. The number of carbonyl (C=O) groups is 1. The van der Waals surface area contributed by atoms with E-state index in [0.717, 1.165) is 11.1 Å². The summed E-state index contributed by atoms with van der Waals surface area (Å²) in [4.78, 5) is 10.6. The van der Waals surface area contributed by atoms with Crippen molar-refractivity contribution in [3.63, 3.8) is 0 Å². The average molecular weight is 228 g/mol. The molecule has 0 spiro atoms. The topological polar surface area (TPSA) is 49.3 Å². The molecule has 1 aromatic rings. The van der Waals surface area contributed by atoms with Gasteiger partial charge in [-0.1, -0.05) is 23.7 Å². The number of halogens is 1. The van der Waals surface area contributed by atoms with Crippen LogP contribution in [0.5, 0.6) is 0 Å². The number of carboxylic acids is 1. The zero-order valence-electron chi connectivity index (χ0n) is 8.75. The van der Waals surface area contributed by atoms with Crippen LogP contribution in [0.15, 0.2) is 18.2 Å². The molecule has 0 aliphatic heterocycles. The highest BCUT2D eigenvalue weighted by atomic mass is 35.5. The first-order chi connectivity index (χ1) is 7.00. The summed E-state index contributed by atoms with van der Waals surface area (Å²) in [6.45, 7) is 4.03. The molecule has 2 N–H and O–H groups in total. The second kappa shape index (κ2) is 5.14. The van der Waals surface area contributed by atoms with Gasteiger partial charge in [-0.2, -0.15) is 0 Å². The molecule has 0 amide bonds. The lowest BCUT2D eigenvalue weighted by Gasteiger charge is -2.10. The van der Waals surface area contributed by atoms with E-state index in [4.69, 9.17) is 16.7 Å². The minimum Gasteiger partial charge on any atom is -0.480 e. The number of aliphatic carboxylic acids is 1. The Morgan fingerprint density at radius 3 is 2.80 bits per heavy atom. The highest BCUT2D eigenvalue weighted by Gasteiger charge is 2.10. The van der Waals surface area contributed by atoms with Crippen LogP contribution in [0.4, 0.5) is 0 Å². The Bertz CT molecular complexity index is 366. The SMILES string of the molecule is Cc1ccc(CNC(C)C(=O)O)c(Cl)c1. The van der Waals surface area contributed by atoms with E-state index < -0.39 is 12.0 Å². The van der Waals surface area contributed by atoms with Gasteiger partial charge in [-0.05, 0) is 31.0 Å². The smallest absolute Gasteiger partial charge is 0.320 e. The zero-order valence-corrected chi connectivity index (χ0v) is 9.51. The van der Waals surface area contributed by atoms with Gasteiger partial charge in [-0.25, -0.2) is 0 Å². The first-order valence-corrected chi connectivity index (χ1v) is 5.09. The second-order valence-corrected chi connectivity index (χ2v) is 3.94. The molecule has 4 heteroatoms. The summed E-state index contributed by atoms with van der Waals surface area (Å²) in [5.41, 5.74) is 2.00. The Morgan fingerprint density at radius 1 is 1.60 bits per heavy atom. The van der Waals surface area contributed by atoms with Crippen molar-refractivity contribution in [3.8, 4) is 0 Å². The van der Waals surface area contributed by atoms with E-state index in [-0.39, 0.29) is 0 Å². The van der Waals surface area contributed by atoms with E-state index in [0.29, 0.717) is 11.6 Å². The molecule has 1 unspecified atom stereocenters. The highest BCUT2D eigenvalue weighted by molar-refractivity contribution is 6.31. The van der Waals surface area contributed by atoms with Crippen LogP contribution in [0.2, 0.25) is 5.02 Å². The summed E-state index contributed by atoms with van der Waals surface area (Å²) in [6, 6.07) is 5.15. The van der Waals surface area contributed by atoms with Gasteiger partial charge in [0, 0.05) is 11.6 Å². The van der Waals surface area contributed by atoms with Crippen LogP contribution >= 0.6 is 11.6 Å². The van der Waals surface area contributed by atoms with Crippen molar-refractivity contribution in [1.29, 1.82) is 0 Å². The predicted octanol–water partition coefficient (Wildman–Crippen LogP) is 2.21. The van der Waals surface area contributed by atoms with Gasteiger partial charge in [-0.3, -0.25) is 4.79 Å². The van der Waals surface area contributed by atoms with Crippen LogP contribution in [0.25, 0.3) is 0 Å². The average Bonchev–Trinajstić information content (AvgIpc) is 2.15. The van der Waals surface area contributed by atoms with E-state index in [1.54, 1.807) is 6.92 Å². The number of hydrogen-bond donors (Lipinski definition) is 2. The van der Waals surface area contributed by atoms with Crippen molar-refractivity contribution < 1.29 is 9.90 Å². The molecular formula is C11H14ClNO2. The summed E-state index contributed by atoms with van der Waals surface area (Å²) in [7, 11) is 0. The molecule has 0 heterocycles. The van der Waals surface area contributed by atoms with Crippen molar-refractivity contribution in [2.75, 3.05) is 0 Å². The molecule has 1 aromatic carbocycles. The zero-order chi connectivity index (χ0) is 11.4. The number of carboxylic acid groups (broad SMARTS) is 1. The predicted molar refractivity (Wildman–Crippen MR) is 60.1 cm³/mol. The fourth-order valence-electron chi connectivity index (χ4n) is 1.15. The lowest BCUT2D eigenvalue weighted by atomic mass is 10.1. The highest BCUT2D eigenvalue weighted by Crippen LogP contribution is 2.17. The molecule has 82 valence electrons. The van der Waals surface area contributed by atoms with Crippen molar-refractivity contribution in [2.24, 2.45) is 0 Å². The molecule has 0 saturated heterocycles. The van der Waals surface area contributed by atoms with Crippen LogP contribution in [0.1, 0.15) is 18.1 Å². The van der Waals surface area contributed by atoms with Gasteiger partial charge in [0.25, 0.3) is 0 Å². The molecular weight excluding hydrogens is 214 g/mol. The summed E-state index contributed by atoms with van der Waals surface area (Å²) < 4.78 is 0. The van der Waals surface area contributed by atoms with Gasteiger partial charge in [0.05, 0.1) is 0 Å². The third kappa shape index (κ3) is 3.53. The van der Waals surface area contributed by atoms with Gasteiger partial charge in [0.2, 0.25) is 0 Å². The van der Waals surface area contributed by atoms with E-state index in [9.17, 15) is 4.79 Å². The Balaban J connectivity index is 2.62. The summed E-state index contributed by atoms with van der Waals surface area (Å²) in [5.74, 6) is -0.863. The van der Waals surface area contributed by atoms with Gasteiger partial charge in [0.15, 0.2) is 0 Å². The maximum Gasteiger partial charge on any atom is 0.320 e. The van der Waals surface area contributed by atoms with E-state index in [1.807, 2.05) is 25.1 Å². The first-order valence-electron chi connectivity index (χ1n) is 4.72. The monoisotopic (exact) mass is 227 g/mol. The van der Waals surface area contributed by atoms with Gasteiger partial charge >= 0.3 is 5.97 Å². The molecule has 0 aliphatic rings. The molecule has 1 rings (SSSR count). The molecule has 0 radical (unpaired) electrons. The molecule has 0 aliphatic carbocycles. The van der Waals surface area contributed by atoms with E-state index in [2.05, 4.69) is 5.32 Å². The fraction of sp³-hybridized carbons (Fsp3) is 0.364. The first kappa shape index (κ1) is 12.0. The van der Waals surface area contributed by atoms with Crippen LogP contribution in [0, 0.1) is 6.92 Å². The molecule has 1 atom stereocenters. The number of hydrogen-bond acceptors (Lipinski definition) is 2. The van der Waals surface area contributed by atoms with Gasteiger partial charge in [-0.15, -0.1) is 0 Å². The number of nitrogens with one attached hydrogen (secondary N) is 1. The molecule has 0 bridgehead atoms. The van der Waals surface area contributed by atoms with Gasteiger partial charge in [0.1, 0.15) is 6.04 Å². The second-order valence-electron chi connectivity index (χ2n) is 3.54. The van der Waals surface area contributed by atoms with Gasteiger partial charge < -0.3 is 10.4 Å². The van der Waals surface area contributed by atoms with Crippen LogP contribution in [-0.2, 0) is 11.3 Å². The quantitative estimate of drug-likeness (QED) is 0.829. The van der Waals surface area contributed by atoms with Crippen LogP contribution in [-0.4, -0.2) is 17.1 Å². The molecule has 15 heavy (non-hydrogen) atoms. The largest absolute Gasteiger partial charge is 0.480 e.